The Morgan fingerprint density at radius 3 is 2.31 bits per heavy atom. The van der Waals surface area contributed by atoms with Gasteiger partial charge in [0, 0.05) is 12.2 Å². The van der Waals surface area contributed by atoms with Crippen LogP contribution < -0.4 is 20.1 Å². The van der Waals surface area contributed by atoms with E-state index in [9.17, 15) is 4.79 Å². The third-order valence-electron chi connectivity index (χ3n) is 4.48. The van der Waals surface area contributed by atoms with E-state index >= 15 is 0 Å². The average Bonchev–Trinajstić information content (AvgIpc) is 2.75. The van der Waals surface area contributed by atoms with E-state index in [-0.39, 0.29) is 5.91 Å². The first-order valence-electron chi connectivity index (χ1n) is 9.38. The monoisotopic (exact) mass is 391 g/mol. The van der Waals surface area contributed by atoms with Crippen LogP contribution in [-0.4, -0.2) is 31.7 Å². The molecule has 0 spiro atoms. The normalized spacial score (nSPS) is 10.3. The Morgan fingerprint density at radius 2 is 1.66 bits per heavy atom. The van der Waals surface area contributed by atoms with Crippen LogP contribution in [0.2, 0.25) is 0 Å². The third kappa shape index (κ3) is 5.48. The van der Waals surface area contributed by atoms with Gasteiger partial charge in [0.15, 0.2) is 11.5 Å². The Bertz CT molecular complexity index is 954. The van der Waals surface area contributed by atoms with Crippen molar-refractivity contribution in [2.75, 3.05) is 26.1 Å². The maximum atomic E-state index is 12.3. The van der Waals surface area contributed by atoms with E-state index in [1.807, 2.05) is 55.5 Å². The minimum atomic E-state index is -0.202. The lowest BCUT2D eigenvalue weighted by Crippen LogP contribution is -2.26. The minimum absolute atomic E-state index is 0.202. The number of anilines is 2. The Kier molecular flexibility index (Phi) is 6.68. The summed E-state index contributed by atoms with van der Waals surface area (Å²) >= 11 is 0. The second-order valence-corrected chi connectivity index (χ2v) is 6.62. The number of carbonyl (C=O) groups is 1. The van der Waals surface area contributed by atoms with Crippen molar-refractivity contribution >= 4 is 17.3 Å². The Labute approximate surface area is 170 Å². The van der Waals surface area contributed by atoms with Crippen LogP contribution in [0.1, 0.15) is 21.6 Å². The number of pyridine rings is 1. The Morgan fingerprint density at radius 1 is 0.931 bits per heavy atom. The number of methoxy groups -OCH3 is 2. The van der Waals surface area contributed by atoms with Gasteiger partial charge in [-0.15, -0.1) is 0 Å². The number of hydrogen-bond donors (Lipinski definition) is 2. The number of aromatic nitrogens is 1. The van der Waals surface area contributed by atoms with Crippen LogP contribution in [0.3, 0.4) is 0 Å². The molecule has 2 N–H and O–H groups in total. The van der Waals surface area contributed by atoms with E-state index in [4.69, 9.17) is 9.47 Å². The van der Waals surface area contributed by atoms with Gasteiger partial charge in [0.05, 0.1) is 26.1 Å². The molecule has 6 nitrogen and oxygen atoms in total. The largest absolute Gasteiger partial charge is 0.493 e. The van der Waals surface area contributed by atoms with E-state index in [0.29, 0.717) is 30.2 Å². The molecule has 0 saturated heterocycles. The number of aryl methyl sites for hydroxylation is 1. The molecular weight excluding hydrogens is 366 g/mol. The van der Waals surface area contributed by atoms with Crippen LogP contribution in [-0.2, 0) is 6.42 Å². The lowest BCUT2D eigenvalue weighted by molar-refractivity contribution is 0.0949. The zero-order valence-corrected chi connectivity index (χ0v) is 16.9. The van der Waals surface area contributed by atoms with Gasteiger partial charge in [-0.2, -0.15) is 0 Å². The summed E-state index contributed by atoms with van der Waals surface area (Å²) in [5.74, 6) is 1.16. The summed E-state index contributed by atoms with van der Waals surface area (Å²) in [5, 5.41) is 6.16. The van der Waals surface area contributed by atoms with E-state index in [2.05, 4.69) is 15.6 Å². The molecule has 150 valence electrons. The van der Waals surface area contributed by atoms with Crippen LogP contribution in [0.4, 0.5) is 11.4 Å². The van der Waals surface area contributed by atoms with Crippen molar-refractivity contribution in [3.63, 3.8) is 0 Å². The number of nitrogens with zero attached hydrogens (tertiary/aromatic N) is 1. The molecule has 3 rings (SSSR count). The quantitative estimate of drug-likeness (QED) is 0.604. The molecule has 1 aromatic heterocycles. The zero-order valence-electron chi connectivity index (χ0n) is 16.9. The first-order chi connectivity index (χ1) is 14.1. The molecule has 0 bridgehead atoms. The highest BCUT2D eigenvalue weighted by Gasteiger charge is 2.08. The molecule has 2 aromatic carbocycles. The first-order valence-corrected chi connectivity index (χ1v) is 9.38. The summed E-state index contributed by atoms with van der Waals surface area (Å²) in [6.45, 7) is 2.54. The smallest absolute Gasteiger partial charge is 0.269 e. The Hall–Kier alpha value is -3.54. The van der Waals surface area contributed by atoms with Crippen molar-refractivity contribution in [1.82, 2.24) is 10.3 Å². The maximum Gasteiger partial charge on any atom is 0.269 e. The van der Waals surface area contributed by atoms with E-state index in [1.54, 1.807) is 26.5 Å². The van der Waals surface area contributed by atoms with Crippen LogP contribution >= 0.6 is 0 Å². The predicted octanol–water partition coefficient (Wildman–Crippen LogP) is 4.12. The molecule has 0 fully saturated rings. The fourth-order valence-corrected chi connectivity index (χ4v) is 2.85. The van der Waals surface area contributed by atoms with Crippen molar-refractivity contribution in [1.29, 1.82) is 0 Å². The average molecular weight is 391 g/mol. The fraction of sp³-hybridized carbons (Fsp3) is 0.217. The number of amides is 1. The van der Waals surface area contributed by atoms with Gasteiger partial charge >= 0.3 is 0 Å². The molecule has 0 radical (unpaired) electrons. The molecule has 1 amide bonds. The maximum absolute atomic E-state index is 12.3. The number of rotatable bonds is 8. The van der Waals surface area contributed by atoms with Crippen molar-refractivity contribution in [2.24, 2.45) is 0 Å². The van der Waals surface area contributed by atoms with E-state index in [1.165, 1.54) is 5.56 Å². The molecule has 0 unspecified atom stereocenters. The summed E-state index contributed by atoms with van der Waals surface area (Å²) in [6.07, 6.45) is 2.34. The molecule has 0 atom stereocenters. The van der Waals surface area contributed by atoms with Crippen molar-refractivity contribution < 1.29 is 14.3 Å². The van der Waals surface area contributed by atoms with Gasteiger partial charge in [0.1, 0.15) is 5.69 Å². The zero-order chi connectivity index (χ0) is 20.6. The molecule has 0 saturated carbocycles. The SMILES string of the molecule is COc1ccc(CCNC(=O)c2ccc(Nc3ccc(C)cc3)cn2)cc1OC. The minimum Gasteiger partial charge on any atom is -0.493 e. The predicted molar refractivity (Wildman–Crippen MR) is 114 cm³/mol. The van der Waals surface area contributed by atoms with Gasteiger partial charge in [0.25, 0.3) is 5.91 Å². The van der Waals surface area contributed by atoms with Gasteiger partial charge in [-0.1, -0.05) is 23.8 Å². The lowest BCUT2D eigenvalue weighted by atomic mass is 10.1. The second kappa shape index (κ2) is 9.59. The van der Waals surface area contributed by atoms with Gasteiger partial charge < -0.3 is 20.1 Å². The summed E-state index contributed by atoms with van der Waals surface area (Å²) < 4.78 is 10.5. The number of carbonyl (C=O) groups excluding carboxylic acids is 1. The molecule has 0 aliphatic rings. The molecule has 3 aromatic rings. The van der Waals surface area contributed by atoms with Crippen molar-refractivity contribution in [3.05, 3.63) is 77.6 Å². The van der Waals surface area contributed by atoms with Crippen LogP contribution in [0.25, 0.3) is 0 Å². The highest BCUT2D eigenvalue weighted by Crippen LogP contribution is 2.27. The second-order valence-electron chi connectivity index (χ2n) is 6.62. The molecule has 0 aliphatic carbocycles. The molecule has 0 aliphatic heterocycles. The van der Waals surface area contributed by atoms with E-state index in [0.717, 1.165) is 16.9 Å². The fourth-order valence-electron chi connectivity index (χ4n) is 2.85. The number of benzene rings is 2. The number of hydrogen-bond acceptors (Lipinski definition) is 5. The number of nitrogens with one attached hydrogen (secondary N) is 2. The highest BCUT2D eigenvalue weighted by atomic mass is 16.5. The van der Waals surface area contributed by atoms with Crippen LogP contribution in [0.15, 0.2) is 60.8 Å². The van der Waals surface area contributed by atoms with Gasteiger partial charge in [-0.3, -0.25) is 4.79 Å². The molecule has 29 heavy (non-hydrogen) atoms. The van der Waals surface area contributed by atoms with Crippen molar-refractivity contribution in [3.8, 4) is 11.5 Å². The van der Waals surface area contributed by atoms with Crippen molar-refractivity contribution in [2.45, 2.75) is 13.3 Å². The van der Waals surface area contributed by atoms with Gasteiger partial charge in [-0.25, -0.2) is 4.98 Å². The summed E-state index contributed by atoms with van der Waals surface area (Å²) in [6, 6.07) is 17.4. The Balaban J connectivity index is 1.52. The van der Waals surface area contributed by atoms with Crippen LogP contribution in [0.5, 0.6) is 11.5 Å². The first kappa shape index (κ1) is 20.2. The topological polar surface area (TPSA) is 72.5 Å². The summed E-state index contributed by atoms with van der Waals surface area (Å²) in [4.78, 5) is 16.6. The summed E-state index contributed by atoms with van der Waals surface area (Å²) in [7, 11) is 3.21. The third-order valence-corrected chi connectivity index (χ3v) is 4.48. The standard InChI is InChI=1S/C23H25N3O3/c1-16-4-7-18(8-5-16)26-19-9-10-20(25-15-19)23(27)24-13-12-17-6-11-21(28-2)22(14-17)29-3/h4-11,14-15,26H,12-13H2,1-3H3,(H,24,27). The molecule has 1 heterocycles. The van der Waals surface area contributed by atoms with Gasteiger partial charge in [-0.05, 0) is 55.3 Å². The number of ether oxygens (including phenoxy) is 2. The summed E-state index contributed by atoms with van der Waals surface area (Å²) in [5.41, 5.74) is 4.44. The molecule has 6 heteroatoms. The van der Waals surface area contributed by atoms with E-state index < -0.39 is 0 Å². The van der Waals surface area contributed by atoms with Crippen LogP contribution in [0, 0.1) is 6.92 Å². The molecular formula is C23H25N3O3. The van der Waals surface area contributed by atoms with Gasteiger partial charge in [0.2, 0.25) is 0 Å². The lowest BCUT2D eigenvalue weighted by Gasteiger charge is -2.10. The highest BCUT2D eigenvalue weighted by molar-refractivity contribution is 5.92.